The minimum absolute atomic E-state index is 0.00397. The van der Waals surface area contributed by atoms with Crippen molar-refractivity contribution in [1.29, 1.82) is 5.26 Å². The number of alkyl halides is 2. The molecule has 0 radical (unpaired) electrons. The van der Waals surface area contributed by atoms with Crippen LogP contribution >= 0.6 is 42.1 Å². The van der Waals surface area contributed by atoms with Crippen LogP contribution in [-0.4, -0.2) is 163 Å². The molecule has 0 aliphatic heterocycles. The largest absolute Gasteiger partial charge is 0.482 e. The molecular formula is C110H177Cl3NO21PSi. The molecule has 137 heavy (non-hydrogen) atoms. The van der Waals surface area contributed by atoms with E-state index in [2.05, 4.69) is 134 Å². The quantitative estimate of drug-likeness (QED) is 0.00388. The molecule has 4 saturated carbocycles. The third-order valence-corrected chi connectivity index (χ3v) is 36.8. The first-order chi connectivity index (χ1) is 65.3. The lowest BCUT2D eigenvalue weighted by molar-refractivity contribution is -0.143. The molecule has 0 unspecified atom stereocenters. The number of ether oxygens (including phenoxy) is 7. The second-order valence-corrected chi connectivity index (χ2v) is 51.1. The molecule has 0 spiro atoms. The van der Waals surface area contributed by atoms with Crippen LogP contribution in [0.25, 0.3) is 0 Å². The van der Waals surface area contributed by atoms with Crippen molar-refractivity contribution in [1.82, 2.24) is 0 Å². The highest BCUT2D eigenvalue weighted by Gasteiger charge is 2.49. The summed E-state index contributed by atoms with van der Waals surface area (Å²) in [7, 11) is -0.611. The first-order valence-corrected chi connectivity index (χ1v) is 58.3. The number of hydrogen-bond acceptors (Lipinski definition) is 19. The normalized spacial score (nSPS) is 24.1. The van der Waals surface area contributed by atoms with Gasteiger partial charge in [-0.15, -0.1) is 23.2 Å². The monoisotopic (exact) mass is 2010 g/mol. The van der Waals surface area contributed by atoms with Crippen molar-refractivity contribution in [3.63, 3.8) is 0 Å². The number of phosphoric ester groups is 1. The van der Waals surface area contributed by atoms with E-state index in [4.69, 9.17) is 83.2 Å². The summed E-state index contributed by atoms with van der Waals surface area (Å²) >= 11 is 15.7. The van der Waals surface area contributed by atoms with Gasteiger partial charge in [0.1, 0.15) is 23.0 Å². The van der Waals surface area contributed by atoms with Gasteiger partial charge in [0.2, 0.25) is 0 Å². The number of carboxylic acids is 1. The van der Waals surface area contributed by atoms with E-state index in [1.54, 1.807) is 6.07 Å². The number of methoxy groups -OCH3 is 3. The Labute approximate surface area is 839 Å². The third-order valence-electron chi connectivity index (χ3n) is 31.0. The Kier molecular flexibility index (Phi) is 57.2. The highest BCUT2D eigenvalue weighted by atomic mass is 35.6. The molecule has 0 saturated heterocycles. The number of fused-ring (bicyclic) bond motifs is 8. The van der Waals surface area contributed by atoms with Crippen LogP contribution < -0.4 is 18.9 Å². The summed E-state index contributed by atoms with van der Waals surface area (Å²) in [5.74, 6) is 11.6. The van der Waals surface area contributed by atoms with Gasteiger partial charge in [-0.1, -0.05) is 241 Å². The average Bonchev–Trinajstić information content (AvgIpc) is 1.66. The van der Waals surface area contributed by atoms with Gasteiger partial charge in [0.05, 0.1) is 70.2 Å². The molecule has 0 bridgehead atoms. The zero-order chi connectivity index (χ0) is 102. The molecule has 0 heterocycles. The lowest BCUT2D eigenvalue weighted by Crippen LogP contribution is -2.29. The fraction of sp³-hybridized carbons (Fsp3) is 0.736. The molecule has 8 aliphatic rings. The number of benzene rings is 4. The molecule has 0 aromatic heterocycles. The molecule has 4 aromatic carbocycles. The summed E-state index contributed by atoms with van der Waals surface area (Å²) in [5, 5.41) is 66.4. The summed E-state index contributed by atoms with van der Waals surface area (Å²) in [6.07, 6.45) is 39.7. The lowest BCUT2D eigenvalue weighted by Gasteiger charge is -2.33. The van der Waals surface area contributed by atoms with Gasteiger partial charge >= 0.3 is 31.7 Å². The molecule has 22 nitrogen and oxygen atoms in total. The molecular weight excluding hydrogens is 1840 g/mol. The summed E-state index contributed by atoms with van der Waals surface area (Å²) in [6.45, 7) is 29.1. The zero-order valence-corrected chi connectivity index (χ0v) is 90.5. The van der Waals surface area contributed by atoms with E-state index in [9.17, 15) is 44.2 Å². The van der Waals surface area contributed by atoms with Crippen LogP contribution in [0.4, 0.5) is 0 Å². The molecule has 12 rings (SSSR count). The van der Waals surface area contributed by atoms with E-state index < -0.39 is 21.2 Å². The number of rotatable bonds is 43. The summed E-state index contributed by atoms with van der Waals surface area (Å²) in [4.78, 5) is 61.3. The van der Waals surface area contributed by atoms with Crippen molar-refractivity contribution in [2.24, 2.45) is 94.7 Å². The SMILES string of the molecule is CC(C)(C)[Si](C)(C)Cl.CCCCC[C@H](C)CC[C@@H]1[C@H]2Cc3cccc(OCC(=O)O)c3C[C@H]2C[C@H]1C.CCCCC[C@H](C)CC[C@@H]1[C@H]2Cc3cccc(OCC(=O)OC)c3C[C@H]2C[C@H]1C.CCCCC[C@H](O)CC[C@@H]1[C@H]2Cc3cccc(OCC(=O)OC)c3C[C@H]2C[C@H]1O.CCCCC[C@H](O)CC[C@@H]1[C@H]2Cc3cccc(OCC(=O)OC)c3C[C@H]2C[C@H]1O.CO.ClCCl.N#CCCOP(=O)(O)O. The number of aliphatic hydroxyl groups is 5. The Morgan fingerprint density at radius 1 is 0.467 bits per heavy atom. The van der Waals surface area contributed by atoms with Crippen molar-refractivity contribution in [3.8, 4) is 29.1 Å². The Bertz CT molecular complexity index is 3920. The van der Waals surface area contributed by atoms with Crippen LogP contribution in [-0.2, 0) is 93.8 Å². The first kappa shape index (κ1) is 122. The van der Waals surface area contributed by atoms with Crippen LogP contribution in [0.15, 0.2) is 72.8 Å². The smallest absolute Gasteiger partial charge is 0.469 e. The van der Waals surface area contributed by atoms with Crippen molar-refractivity contribution in [2.45, 2.75) is 356 Å². The third kappa shape index (κ3) is 41.6. The van der Waals surface area contributed by atoms with Crippen molar-refractivity contribution in [2.75, 3.05) is 66.8 Å². The maximum atomic E-state index is 11.5. The number of carbonyl (C=O) groups excluding carboxylic acids is 3. The molecule has 8 N–H and O–H groups in total. The minimum atomic E-state index is -4.35. The number of aliphatic hydroxyl groups excluding tert-OH is 5. The van der Waals surface area contributed by atoms with Crippen LogP contribution in [0.3, 0.4) is 0 Å². The average molecular weight is 2020 g/mol. The Balaban J connectivity index is 0.000000300. The van der Waals surface area contributed by atoms with E-state index >= 15 is 0 Å². The summed E-state index contributed by atoms with van der Waals surface area (Å²) in [6, 6.07) is 26.3. The predicted octanol–water partition coefficient (Wildman–Crippen LogP) is 24.0. The van der Waals surface area contributed by atoms with Gasteiger partial charge in [0.25, 0.3) is 0 Å². The minimum Gasteiger partial charge on any atom is -0.482 e. The highest BCUT2D eigenvalue weighted by Crippen LogP contribution is 2.55. The zero-order valence-electron chi connectivity index (χ0n) is 86.3. The number of carbonyl (C=O) groups is 4. The molecule has 4 fully saturated rings. The second-order valence-electron chi connectivity index (χ2n) is 41.7. The number of phosphoric acid groups is 1. The number of carboxylic acid groups (broad SMARTS) is 1. The van der Waals surface area contributed by atoms with Gasteiger partial charge in [0.15, 0.2) is 33.8 Å². The number of hydrogen-bond donors (Lipinski definition) is 8. The number of nitrogens with zero attached hydrogens (tertiary/aromatic N) is 1. The fourth-order valence-electron chi connectivity index (χ4n) is 22.5. The number of halogens is 3. The van der Waals surface area contributed by atoms with Gasteiger partial charge in [-0.3, -0.25) is 4.52 Å². The number of nitriles is 1. The molecule has 0 amide bonds. The van der Waals surface area contributed by atoms with Gasteiger partial charge in [-0.05, 0) is 297 Å². The Hall–Kier alpha value is -5.55. The molecule has 4 aromatic rings. The van der Waals surface area contributed by atoms with Crippen LogP contribution in [0, 0.1) is 106 Å². The van der Waals surface area contributed by atoms with Crippen LogP contribution in [0.1, 0.15) is 307 Å². The van der Waals surface area contributed by atoms with Gasteiger partial charge in [-0.25, -0.2) is 23.7 Å². The van der Waals surface area contributed by atoms with E-state index in [0.29, 0.717) is 28.7 Å². The number of aliphatic carboxylic acids is 1. The molecule has 27 heteroatoms. The van der Waals surface area contributed by atoms with Crippen LogP contribution in [0.5, 0.6) is 23.0 Å². The van der Waals surface area contributed by atoms with Gasteiger partial charge in [0, 0.05) is 7.11 Å². The maximum Gasteiger partial charge on any atom is 0.469 e. The topological polar surface area (TPSA) is 345 Å². The fourth-order valence-corrected chi connectivity index (χ4v) is 22.9. The summed E-state index contributed by atoms with van der Waals surface area (Å²) in [5.41, 5.74) is 10.3. The maximum absolute atomic E-state index is 11.5. The highest BCUT2D eigenvalue weighted by molar-refractivity contribution is 7.46. The summed E-state index contributed by atoms with van der Waals surface area (Å²) < 4.78 is 50.7. The Morgan fingerprint density at radius 3 is 1.01 bits per heavy atom. The molecule has 8 aliphatic carbocycles. The molecule has 778 valence electrons. The van der Waals surface area contributed by atoms with Crippen LogP contribution in [0.2, 0.25) is 18.1 Å². The number of unbranched alkanes of at least 4 members (excludes halogenated alkanes) is 8. The first-order valence-electron chi connectivity index (χ1n) is 51.7. The van der Waals surface area contributed by atoms with Crippen molar-refractivity contribution in [3.05, 3.63) is 117 Å². The predicted molar refractivity (Wildman–Crippen MR) is 552 cm³/mol. The van der Waals surface area contributed by atoms with E-state index in [-0.39, 0.29) is 99.0 Å². The van der Waals surface area contributed by atoms with E-state index in [0.717, 1.165) is 198 Å². The number of esters is 3. The van der Waals surface area contributed by atoms with Crippen molar-refractivity contribution < 1.29 is 102 Å². The Morgan fingerprint density at radius 2 is 0.745 bits per heavy atom. The lowest BCUT2D eigenvalue weighted by atomic mass is 9.73. The van der Waals surface area contributed by atoms with Gasteiger partial charge in [-0.2, -0.15) is 16.3 Å². The van der Waals surface area contributed by atoms with Crippen molar-refractivity contribution >= 4 is 73.4 Å². The molecule has 20 atom stereocenters. The van der Waals surface area contributed by atoms with Gasteiger partial charge < -0.3 is 73.6 Å². The standard InChI is InChI=1S/C26H40O3.C25H38O3.2C24H36O5.C6H15ClSi.C3H6NO4P.CH2Cl2.CH4O/c1-5-6-7-9-18(2)12-13-22-19(3)14-21-16-24-20(15-23(21)22)10-8-11-25(24)29-17-26(27)28-4;1-4-5-6-8-17(2)11-12-21-18(3)13-20-15-23-19(14-22(20)21)9-7-10-24(23)28-16-25(26)27;2*1-3-4-5-8-18(25)10-11-19-20-12-16-7-6-9-23(29-15-24(27)28-2)21(16)13-17(20)14-22(19)26;1-6(2,3)8(4,5)7;4-2-1-3-8-9(5,6)7;2-1-3;1-2/h8,10-11,18-19,21-23H,5-7,9,12-17H2,1-4H3;7,9-10,17-18,20-22H,4-6,8,11-16H2,1-3H3,(H,26,27);2*6-7,9,17-20,22,25-26H,3-5,8,10-15H2,1-2H3;1-5H3;1,3H2,(H2,5,6,7);1H2;2H,1H3/t18-,19+,21+,22-,23-;17-,18+,20+,21-,22-;2*17-,18-,19+,20-,22+;;;;/m0000..../s1. The second kappa shape index (κ2) is 64.3. The van der Waals surface area contributed by atoms with E-state index in [1.807, 2.05) is 42.5 Å². The van der Waals surface area contributed by atoms with E-state index in [1.165, 1.54) is 188 Å².